The SMILES string of the molecule is Cc1cc(Cl)cc(C(=O)NCC(O)CO)c1. The Morgan fingerprint density at radius 1 is 1.50 bits per heavy atom. The molecule has 0 fully saturated rings. The van der Waals surface area contributed by atoms with E-state index in [1.165, 1.54) is 0 Å². The van der Waals surface area contributed by atoms with E-state index < -0.39 is 6.10 Å². The van der Waals surface area contributed by atoms with Gasteiger partial charge in [-0.1, -0.05) is 11.6 Å². The van der Waals surface area contributed by atoms with Crippen LogP contribution in [0.1, 0.15) is 15.9 Å². The van der Waals surface area contributed by atoms with Gasteiger partial charge in [0.2, 0.25) is 0 Å². The van der Waals surface area contributed by atoms with Crippen molar-refractivity contribution < 1.29 is 15.0 Å². The number of carbonyl (C=O) groups excluding carboxylic acids is 1. The average Bonchev–Trinajstić information content (AvgIpc) is 2.23. The molecule has 0 aliphatic rings. The molecule has 1 aromatic carbocycles. The summed E-state index contributed by atoms with van der Waals surface area (Å²) in [6.45, 7) is 1.47. The summed E-state index contributed by atoms with van der Waals surface area (Å²) >= 11 is 5.81. The monoisotopic (exact) mass is 243 g/mol. The van der Waals surface area contributed by atoms with E-state index in [9.17, 15) is 4.79 Å². The van der Waals surface area contributed by atoms with E-state index in [0.717, 1.165) is 5.56 Å². The second-order valence-corrected chi connectivity index (χ2v) is 4.00. The van der Waals surface area contributed by atoms with Crippen molar-refractivity contribution in [1.29, 1.82) is 0 Å². The first-order chi connectivity index (χ1) is 7.52. The zero-order valence-electron chi connectivity index (χ0n) is 8.90. The van der Waals surface area contributed by atoms with Gasteiger partial charge in [-0.05, 0) is 30.7 Å². The molecular weight excluding hydrogens is 230 g/mol. The van der Waals surface area contributed by atoms with E-state index in [2.05, 4.69) is 5.32 Å². The number of aliphatic hydroxyl groups excluding tert-OH is 2. The summed E-state index contributed by atoms with van der Waals surface area (Å²) < 4.78 is 0. The van der Waals surface area contributed by atoms with Gasteiger partial charge in [0, 0.05) is 17.1 Å². The molecule has 0 bridgehead atoms. The minimum atomic E-state index is -0.941. The predicted molar refractivity (Wildman–Crippen MR) is 61.6 cm³/mol. The van der Waals surface area contributed by atoms with Crippen LogP contribution >= 0.6 is 11.6 Å². The molecule has 3 N–H and O–H groups in total. The second-order valence-electron chi connectivity index (χ2n) is 3.56. The smallest absolute Gasteiger partial charge is 0.251 e. The van der Waals surface area contributed by atoms with Crippen molar-refractivity contribution in [3.63, 3.8) is 0 Å². The lowest BCUT2D eigenvalue weighted by molar-refractivity contribution is 0.0802. The molecule has 1 atom stereocenters. The van der Waals surface area contributed by atoms with Gasteiger partial charge >= 0.3 is 0 Å². The standard InChI is InChI=1S/C11H14ClNO3/c1-7-2-8(4-9(12)3-7)11(16)13-5-10(15)6-14/h2-4,10,14-15H,5-6H2,1H3,(H,13,16). The van der Waals surface area contributed by atoms with Crippen molar-refractivity contribution in [1.82, 2.24) is 5.32 Å². The van der Waals surface area contributed by atoms with Gasteiger partial charge in [-0.15, -0.1) is 0 Å². The lowest BCUT2D eigenvalue weighted by atomic mass is 10.1. The summed E-state index contributed by atoms with van der Waals surface area (Å²) in [5.41, 5.74) is 1.33. The number of halogens is 1. The third-order valence-corrected chi connectivity index (χ3v) is 2.23. The summed E-state index contributed by atoms with van der Waals surface area (Å²) in [5, 5.41) is 20.6. The lowest BCUT2D eigenvalue weighted by Gasteiger charge is -2.09. The highest BCUT2D eigenvalue weighted by Gasteiger charge is 2.09. The summed E-state index contributed by atoms with van der Waals surface area (Å²) in [6, 6.07) is 5.00. The molecule has 0 aromatic heterocycles. The van der Waals surface area contributed by atoms with Gasteiger partial charge in [0.25, 0.3) is 5.91 Å². The maximum absolute atomic E-state index is 11.6. The highest BCUT2D eigenvalue weighted by Crippen LogP contribution is 2.14. The van der Waals surface area contributed by atoms with E-state index in [0.29, 0.717) is 10.6 Å². The molecule has 0 aliphatic carbocycles. The molecule has 4 nitrogen and oxygen atoms in total. The van der Waals surface area contributed by atoms with Crippen LogP contribution < -0.4 is 5.32 Å². The number of amides is 1. The maximum Gasteiger partial charge on any atom is 0.251 e. The summed E-state index contributed by atoms with van der Waals surface area (Å²) in [7, 11) is 0. The second kappa shape index (κ2) is 5.84. The minimum Gasteiger partial charge on any atom is -0.394 e. The highest BCUT2D eigenvalue weighted by molar-refractivity contribution is 6.31. The van der Waals surface area contributed by atoms with Gasteiger partial charge in [-0.2, -0.15) is 0 Å². The van der Waals surface area contributed by atoms with Crippen molar-refractivity contribution in [3.05, 3.63) is 34.3 Å². The van der Waals surface area contributed by atoms with Crippen molar-refractivity contribution >= 4 is 17.5 Å². The van der Waals surface area contributed by atoms with Gasteiger partial charge in [-0.3, -0.25) is 4.79 Å². The van der Waals surface area contributed by atoms with E-state index in [4.69, 9.17) is 21.8 Å². The number of aliphatic hydroxyl groups is 2. The van der Waals surface area contributed by atoms with Gasteiger partial charge in [0.1, 0.15) is 0 Å². The fourth-order valence-corrected chi connectivity index (χ4v) is 1.53. The first kappa shape index (κ1) is 13.0. The van der Waals surface area contributed by atoms with Crippen LogP contribution in [0.15, 0.2) is 18.2 Å². The van der Waals surface area contributed by atoms with Crippen LogP contribution in [0.4, 0.5) is 0 Å². The Bertz CT molecular complexity index is 361. The Morgan fingerprint density at radius 3 is 2.75 bits per heavy atom. The van der Waals surface area contributed by atoms with Crippen LogP contribution in [0.5, 0.6) is 0 Å². The topological polar surface area (TPSA) is 69.6 Å². The predicted octanol–water partition coefficient (Wildman–Crippen LogP) is 0.731. The fourth-order valence-electron chi connectivity index (χ4n) is 1.24. The zero-order valence-corrected chi connectivity index (χ0v) is 9.66. The Labute approximate surface area is 98.9 Å². The molecule has 1 rings (SSSR count). The minimum absolute atomic E-state index is 0.0148. The van der Waals surface area contributed by atoms with Gasteiger partial charge in [0.05, 0.1) is 12.7 Å². The third-order valence-electron chi connectivity index (χ3n) is 2.01. The maximum atomic E-state index is 11.6. The van der Waals surface area contributed by atoms with Crippen molar-refractivity contribution in [3.8, 4) is 0 Å². The van der Waals surface area contributed by atoms with E-state index >= 15 is 0 Å². The van der Waals surface area contributed by atoms with Crippen LogP contribution in [0, 0.1) is 6.92 Å². The normalized spacial score (nSPS) is 12.2. The van der Waals surface area contributed by atoms with Crippen LogP contribution in [0.25, 0.3) is 0 Å². The number of carbonyl (C=O) groups is 1. The Morgan fingerprint density at radius 2 is 2.19 bits per heavy atom. The van der Waals surface area contributed by atoms with Crippen LogP contribution in [-0.4, -0.2) is 35.4 Å². The first-order valence-electron chi connectivity index (χ1n) is 4.87. The first-order valence-corrected chi connectivity index (χ1v) is 5.25. The number of nitrogens with one attached hydrogen (secondary N) is 1. The van der Waals surface area contributed by atoms with E-state index in [1.807, 2.05) is 6.92 Å². The number of aryl methyl sites for hydroxylation is 1. The lowest BCUT2D eigenvalue weighted by Crippen LogP contribution is -2.33. The molecule has 0 radical (unpaired) electrons. The summed E-state index contributed by atoms with van der Waals surface area (Å²) in [5.74, 6) is -0.321. The summed E-state index contributed by atoms with van der Waals surface area (Å²) in [6.07, 6.45) is -0.941. The average molecular weight is 244 g/mol. The molecular formula is C11H14ClNO3. The molecule has 1 aromatic rings. The number of rotatable bonds is 4. The number of hydrogen-bond donors (Lipinski definition) is 3. The van der Waals surface area contributed by atoms with Gasteiger partial charge in [0.15, 0.2) is 0 Å². The Kier molecular flexibility index (Phi) is 4.73. The molecule has 0 saturated carbocycles. The van der Waals surface area contributed by atoms with Crippen molar-refractivity contribution in [2.45, 2.75) is 13.0 Å². The van der Waals surface area contributed by atoms with Crippen LogP contribution in [0.3, 0.4) is 0 Å². The van der Waals surface area contributed by atoms with Crippen molar-refractivity contribution in [2.24, 2.45) is 0 Å². The Hall–Kier alpha value is -1.10. The van der Waals surface area contributed by atoms with E-state index in [1.54, 1.807) is 18.2 Å². The number of hydrogen-bond acceptors (Lipinski definition) is 3. The van der Waals surface area contributed by atoms with Crippen LogP contribution in [0.2, 0.25) is 5.02 Å². The molecule has 0 heterocycles. The van der Waals surface area contributed by atoms with Gasteiger partial charge < -0.3 is 15.5 Å². The van der Waals surface area contributed by atoms with Crippen molar-refractivity contribution in [2.75, 3.05) is 13.2 Å². The summed E-state index contributed by atoms with van der Waals surface area (Å²) in [4.78, 5) is 11.6. The molecule has 0 saturated heterocycles. The largest absolute Gasteiger partial charge is 0.394 e. The third kappa shape index (κ3) is 3.81. The molecule has 0 aliphatic heterocycles. The fraction of sp³-hybridized carbons (Fsp3) is 0.364. The molecule has 1 amide bonds. The number of benzene rings is 1. The molecule has 16 heavy (non-hydrogen) atoms. The van der Waals surface area contributed by atoms with Crippen LogP contribution in [-0.2, 0) is 0 Å². The quantitative estimate of drug-likeness (QED) is 0.730. The van der Waals surface area contributed by atoms with Gasteiger partial charge in [-0.25, -0.2) is 0 Å². The highest BCUT2D eigenvalue weighted by atomic mass is 35.5. The molecule has 88 valence electrons. The Balaban J connectivity index is 2.66. The van der Waals surface area contributed by atoms with E-state index in [-0.39, 0.29) is 19.1 Å². The zero-order chi connectivity index (χ0) is 12.1. The molecule has 1 unspecified atom stereocenters. The molecule has 0 spiro atoms. The molecule has 5 heteroatoms.